The number of rotatable bonds is 6. The lowest BCUT2D eigenvalue weighted by molar-refractivity contribution is -0.113. The predicted octanol–water partition coefficient (Wildman–Crippen LogP) is 6.25. The van der Waals surface area contributed by atoms with Crippen molar-refractivity contribution in [2.45, 2.75) is 24.2 Å². The second-order valence-corrected chi connectivity index (χ2v) is 8.50. The minimum atomic E-state index is -0.0191. The fraction of sp³-hybridized carbons (Fsp3) is 0.154. The highest BCUT2D eigenvalue weighted by atomic mass is 32.2. The first-order chi connectivity index (χ1) is 15.3. The van der Waals surface area contributed by atoms with Crippen molar-refractivity contribution in [3.05, 3.63) is 90.1 Å². The number of amides is 1. The lowest BCUT2D eigenvalue weighted by atomic mass is 10.1. The fourth-order valence-corrected chi connectivity index (χ4v) is 4.97. The monoisotopic (exact) mass is 426 g/mol. The molecule has 1 N–H and O–H groups in total. The van der Waals surface area contributed by atoms with E-state index in [0.29, 0.717) is 5.75 Å². The molecular formula is C26H22N2O2S. The van der Waals surface area contributed by atoms with Gasteiger partial charge in [0.25, 0.3) is 0 Å². The Morgan fingerprint density at radius 1 is 0.903 bits per heavy atom. The molecule has 1 aliphatic carbocycles. The van der Waals surface area contributed by atoms with Gasteiger partial charge in [-0.3, -0.25) is 9.78 Å². The van der Waals surface area contributed by atoms with Gasteiger partial charge in [0.05, 0.1) is 11.3 Å². The molecule has 5 heteroatoms. The summed E-state index contributed by atoms with van der Waals surface area (Å²) in [4.78, 5) is 18.7. The molecule has 5 rings (SSSR count). The van der Waals surface area contributed by atoms with Gasteiger partial charge in [-0.25, -0.2) is 0 Å². The van der Waals surface area contributed by atoms with E-state index in [9.17, 15) is 4.79 Å². The number of thioether (sulfide) groups is 1. The number of nitrogens with one attached hydrogen (secondary N) is 1. The van der Waals surface area contributed by atoms with E-state index in [-0.39, 0.29) is 5.91 Å². The second-order valence-electron chi connectivity index (χ2n) is 7.51. The number of anilines is 1. The summed E-state index contributed by atoms with van der Waals surface area (Å²) in [6, 6.07) is 25.3. The van der Waals surface area contributed by atoms with Crippen LogP contribution >= 0.6 is 11.8 Å². The molecule has 4 nitrogen and oxygen atoms in total. The Kier molecular flexibility index (Phi) is 5.59. The lowest BCUT2D eigenvalue weighted by Crippen LogP contribution is -2.14. The van der Waals surface area contributed by atoms with Crippen LogP contribution in [0.1, 0.15) is 17.7 Å². The summed E-state index contributed by atoms with van der Waals surface area (Å²) in [6.07, 6.45) is 3.20. The van der Waals surface area contributed by atoms with Gasteiger partial charge in [0.15, 0.2) is 0 Å². The molecule has 4 aromatic rings. The van der Waals surface area contributed by atoms with E-state index in [1.54, 1.807) is 11.8 Å². The molecule has 1 amide bonds. The quantitative estimate of drug-likeness (QED) is 0.371. The number of hydrogen-bond acceptors (Lipinski definition) is 4. The minimum absolute atomic E-state index is 0.0191. The van der Waals surface area contributed by atoms with Crippen LogP contribution < -0.4 is 10.1 Å². The number of fused-ring (bicyclic) bond motifs is 2. The zero-order valence-corrected chi connectivity index (χ0v) is 17.8. The van der Waals surface area contributed by atoms with Crippen LogP contribution in [0.3, 0.4) is 0 Å². The highest BCUT2D eigenvalue weighted by Crippen LogP contribution is 2.36. The molecule has 0 saturated carbocycles. The molecular weight excluding hydrogens is 404 g/mol. The second kappa shape index (κ2) is 8.82. The summed E-state index contributed by atoms with van der Waals surface area (Å²) >= 11 is 1.61. The van der Waals surface area contributed by atoms with Crippen LogP contribution in [0.25, 0.3) is 10.9 Å². The van der Waals surface area contributed by atoms with Gasteiger partial charge in [0.1, 0.15) is 11.5 Å². The van der Waals surface area contributed by atoms with Gasteiger partial charge < -0.3 is 10.1 Å². The summed E-state index contributed by atoms with van der Waals surface area (Å²) in [5, 5.41) is 4.13. The molecule has 0 unspecified atom stereocenters. The highest BCUT2D eigenvalue weighted by molar-refractivity contribution is 8.00. The number of carbonyl (C=O) groups excluding carboxylic acids is 1. The van der Waals surface area contributed by atoms with Crippen molar-refractivity contribution in [2.75, 3.05) is 11.1 Å². The van der Waals surface area contributed by atoms with Gasteiger partial charge in [-0.15, -0.1) is 11.8 Å². The molecule has 3 aromatic carbocycles. The number of hydrogen-bond donors (Lipinski definition) is 1. The van der Waals surface area contributed by atoms with Crippen molar-refractivity contribution in [1.29, 1.82) is 0 Å². The molecule has 0 radical (unpaired) electrons. The van der Waals surface area contributed by atoms with Crippen molar-refractivity contribution < 1.29 is 9.53 Å². The molecule has 1 aromatic heterocycles. The Hall–Kier alpha value is -3.31. The topological polar surface area (TPSA) is 51.2 Å². The molecule has 0 fully saturated rings. The van der Waals surface area contributed by atoms with Crippen LogP contribution in [-0.2, 0) is 17.6 Å². The Bertz CT molecular complexity index is 1220. The van der Waals surface area contributed by atoms with E-state index >= 15 is 0 Å². The Labute approximate surface area is 185 Å². The standard InChI is InChI=1S/C26H22N2O2S/c29-25(27-18-13-15-20(16-14-18)30-19-7-2-1-3-8-19)17-31-26-21-9-4-5-11-23(21)28-24-12-6-10-22(24)26/h1-5,7-9,11,13-16H,6,10,12,17H2,(H,27,29). The lowest BCUT2D eigenvalue weighted by Gasteiger charge is -2.12. The molecule has 0 bridgehead atoms. The summed E-state index contributed by atoms with van der Waals surface area (Å²) < 4.78 is 5.80. The zero-order chi connectivity index (χ0) is 21.0. The molecule has 0 atom stereocenters. The highest BCUT2D eigenvalue weighted by Gasteiger charge is 2.20. The molecule has 0 spiro atoms. The average molecular weight is 427 g/mol. The number of pyridine rings is 1. The van der Waals surface area contributed by atoms with Gasteiger partial charge >= 0.3 is 0 Å². The predicted molar refractivity (Wildman–Crippen MR) is 126 cm³/mol. The van der Waals surface area contributed by atoms with Crippen LogP contribution in [0.5, 0.6) is 11.5 Å². The number of aromatic nitrogens is 1. The van der Waals surface area contributed by atoms with Gasteiger partial charge in [-0.1, -0.05) is 36.4 Å². The molecule has 31 heavy (non-hydrogen) atoms. The van der Waals surface area contributed by atoms with E-state index in [1.165, 1.54) is 16.2 Å². The summed E-state index contributed by atoms with van der Waals surface area (Å²) in [5.41, 5.74) is 4.28. The first kappa shape index (κ1) is 19.6. The van der Waals surface area contributed by atoms with Crippen LogP contribution in [-0.4, -0.2) is 16.6 Å². The third kappa shape index (κ3) is 4.42. The number of benzene rings is 3. The normalized spacial score (nSPS) is 12.5. The Morgan fingerprint density at radius 2 is 1.65 bits per heavy atom. The molecule has 1 heterocycles. The van der Waals surface area contributed by atoms with Gasteiger partial charge in [-0.05, 0) is 67.3 Å². The third-order valence-corrected chi connectivity index (χ3v) is 6.49. The van der Waals surface area contributed by atoms with Crippen molar-refractivity contribution >= 4 is 34.3 Å². The largest absolute Gasteiger partial charge is 0.457 e. The number of nitrogens with zero attached hydrogens (tertiary/aromatic N) is 1. The maximum absolute atomic E-state index is 12.6. The third-order valence-electron chi connectivity index (χ3n) is 5.33. The van der Waals surface area contributed by atoms with Crippen LogP contribution in [0.15, 0.2) is 83.8 Å². The van der Waals surface area contributed by atoms with Crippen LogP contribution in [0.4, 0.5) is 5.69 Å². The Balaban J connectivity index is 1.25. The molecule has 154 valence electrons. The smallest absolute Gasteiger partial charge is 0.234 e. The first-order valence-electron chi connectivity index (χ1n) is 10.4. The average Bonchev–Trinajstić information content (AvgIpc) is 3.27. The fourth-order valence-electron chi connectivity index (χ4n) is 3.90. The van der Waals surface area contributed by atoms with E-state index in [2.05, 4.69) is 17.4 Å². The zero-order valence-electron chi connectivity index (χ0n) is 17.0. The SMILES string of the molecule is O=C(CSc1c2c(nc3ccccc13)CCC2)Nc1ccc(Oc2ccccc2)cc1. The summed E-state index contributed by atoms with van der Waals surface area (Å²) in [6.45, 7) is 0. The van der Waals surface area contributed by atoms with Crippen molar-refractivity contribution in [2.24, 2.45) is 0 Å². The number of para-hydroxylation sites is 2. The number of aryl methyl sites for hydroxylation is 1. The minimum Gasteiger partial charge on any atom is -0.457 e. The summed E-state index contributed by atoms with van der Waals surface area (Å²) in [7, 11) is 0. The maximum atomic E-state index is 12.6. The molecule has 0 saturated heterocycles. The summed E-state index contributed by atoms with van der Waals surface area (Å²) in [5.74, 6) is 1.86. The van der Waals surface area contributed by atoms with Crippen molar-refractivity contribution in [3.63, 3.8) is 0 Å². The van der Waals surface area contributed by atoms with E-state index in [4.69, 9.17) is 9.72 Å². The van der Waals surface area contributed by atoms with Gasteiger partial charge in [0.2, 0.25) is 5.91 Å². The van der Waals surface area contributed by atoms with E-state index in [1.807, 2.05) is 66.7 Å². The first-order valence-corrected chi connectivity index (χ1v) is 11.4. The van der Waals surface area contributed by atoms with Gasteiger partial charge in [0, 0.05) is 21.7 Å². The Morgan fingerprint density at radius 3 is 2.48 bits per heavy atom. The van der Waals surface area contributed by atoms with E-state index in [0.717, 1.165) is 47.4 Å². The van der Waals surface area contributed by atoms with Crippen molar-refractivity contribution in [3.8, 4) is 11.5 Å². The van der Waals surface area contributed by atoms with E-state index < -0.39 is 0 Å². The van der Waals surface area contributed by atoms with Gasteiger partial charge in [-0.2, -0.15) is 0 Å². The van der Waals surface area contributed by atoms with Crippen LogP contribution in [0, 0.1) is 0 Å². The van der Waals surface area contributed by atoms with Crippen molar-refractivity contribution in [1.82, 2.24) is 4.98 Å². The molecule has 1 aliphatic rings. The number of carbonyl (C=O) groups is 1. The van der Waals surface area contributed by atoms with Crippen LogP contribution in [0.2, 0.25) is 0 Å². The maximum Gasteiger partial charge on any atom is 0.234 e. The number of ether oxygens (including phenoxy) is 1. The molecule has 0 aliphatic heterocycles.